The van der Waals surface area contributed by atoms with Crippen LogP contribution in [-0.4, -0.2) is 40.4 Å². The molecule has 1 fully saturated rings. The highest BCUT2D eigenvalue weighted by Gasteiger charge is 2.34. The van der Waals surface area contributed by atoms with Gasteiger partial charge in [0.1, 0.15) is 19.2 Å². The largest absolute Gasteiger partial charge is 0.338 e. The van der Waals surface area contributed by atoms with Crippen LogP contribution in [0.4, 0.5) is 5.69 Å². The Balaban J connectivity index is 1.52. The van der Waals surface area contributed by atoms with Crippen molar-refractivity contribution in [1.29, 1.82) is 5.26 Å². The molecule has 0 N–H and O–H groups in total. The Bertz CT molecular complexity index is 1100. The van der Waals surface area contributed by atoms with Gasteiger partial charge in [-0.3, -0.25) is 9.59 Å². The topological polar surface area (TPSA) is 69.3 Å². The van der Waals surface area contributed by atoms with Crippen LogP contribution in [0.15, 0.2) is 60.8 Å². The fourth-order valence-electron chi connectivity index (χ4n) is 3.74. The SMILES string of the molecule is C[C@@H]1CN(c2ccccc2C#N)C(=O)CN1C(=O)Cn1ccc2ccccc21. The molecule has 6 nitrogen and oxygen atoms in total. The summed E-state index contributed by atoms with van der Waals surface area (Å²) < 4.78 is 1.91. The second-order valence-electron chi connectivity index (χ2n) is 7.01. The molecule has 1 aliphatic rings. The summed E-state index contributed by atoms with van der Waals surface area (Å²) in [7, 11) is 0. The summed E-state index contributed by atoms with van der Waals surface area (Å²) in [6.07, 6.45) is 1.90. The summed E-state index contributed by atoms with van der Waals surface area (Å²) in [5.74, 6) is -0.262. The van der Waals surface area contributed by atoms with Crippen LogP contribution in [0.25, 0.3) is 10.9 Å². The molecule has 1 aliphatic heterocycles. The van der Waals surface area contributed by atoms with Crippen molar-refractivity contribution >= 4 is 28.4 Å². The highest BCUT2D eigenvalue weighted by Crippen LogP contribution is 2.24. The lowest BCUT2D eigenvalue weighted by molar-refractivity contribution is -0.139. The number of amides is 2. The Hall–Kier alpha value is -3.59. The van der Waals surface area contributed by atoms with E-state index in [1.165, 1.54) is 0 Å². The van der Waals surface area contributed by atoms with Gasteiger partial charge >= 0.3 is 0 Å². The number of fused-ring (bicyclic) bond motifs is 1. The maximum Gasteiger partial charge on any atom is 0.246 e. The fraction of sp³-hybridized carbons (Fsp3) is 0.227. The van der Waals surface area contributed by atoms with Gasteiger partial charge in [0.05, 0.1) is 11.3 Å². The monoisotopic (exact) mass is 372 g/mol. The van der Waals surface area contributed by atoms with E-state index in [0.717, 1.165) is 10.9 Å². The lowest BCUT2D eigenvalue weighted by Gasteiger charge is -2.39. The molecule has 140 valence electrons. The van der Waals surface area contributed by atoms with Crippen molar-refractivity contribution in [2.45, 2.75) is 19.5 Å². The number of benzene rings is 2. The van der Waals surface area contributed by atoms with Crippen LogP contribution in [0, 0.1) is 11.3 Å². The van der Waals surface area contributed by atoms with E-state index in [0.29, 0.717) is 17.8 Å². The normalized spacial score (nSPS) is 17.0. The van der Waals surface area contributed by atoms with Gasteiger partial charge in [0.15, 0.2) is 0 Å². The Morgan fingerprint density at radius 3 is 2.71 bits per heavy atom. The minimum Gasteiger partial charge on any atom is -0.338 e. The van der Waals surface area contributed by atoms with Crippen molar-refractivity contribution in [1.82, 2.24) is 9.47 Å². The molecule has 2 heterocycles. The summed E-state index contributed by atoms with van der Waals surface area (Å²) in [5.41, 5.74) is 2.06. The number of anilines is 1. The Kier molecular flexibility index (Phi) is 4.58. The Labute approximate surface area is 163 Å². The molecular formula is C22H20N4O2. The molecule has 6 heteroatoms. The number of piperazine rings is 1. The number of hydrogen-bond donors (Lipinski definition) is 0. The van der Waals surface area contributed by atoms with E-state index in [4.69, 9.17) is 0 Å². The predicted molar refractivity (Wildman–Crippen MR) is 107 cm³/mol. The molecule has 0 saturated carbocycles. The van der Waals surface area contributed by atoms with Crippen molar-refractivity contribution in [2.24, 2.45) is 0 Å². The van der Waals surface area contributed by atoms with E-state index in [9.17, 15) is 14.9 Å². The summed E-state index contributed by atoms with van der Waals surface area (Å²) in [6, 6.07) is 18.9. The van der Waals surface area contributed by atoms with Crippen LogP contribution in [0.5, 0.6) is 0 Å². The average molecular weight is 372 g/mol. The molecule has 4 rings (SSSR count). The minimum absolute atomic E-state index is 0.0129. The maximum atomic E-state index is 12.9. The zero-order chi connectivity index (χ0) is 19.7. The fourth-order valence-corrected chi connectivity index (χ4v) is 3.74. The zero-order valence-electron chi connectivity index (χ0n) is 15.6. The molecule has 1 atom stereocenters. The first-order valence-corrected chi connectivity index (χ1v) is 9.21. The van der Waals surface area contributed by atoms with Gasteiger partial charge in [-0.05, 0) is 36.6 Å². The van der Waals surface area contributed by atoms with Gasteiger partial charge < -0.3 is 14.4 Å². The van der Waals surface area contributed by atoms with Crippen LogP contribution in [0.2, 0.25) is 0 Å². The summed E-state index contributed by atoms with van der Waals surface area (Å²) in [4.78, 5) is 28.9. The van der Waals surface area contributed by atoms with Crippen molar-refractivity contribution in [3.05, 3.63) is 66.4 Å². The molecular weight excluding hydrogens is 352 g/mol. The third-order valence-electron chi connectivity index (χ3n) is 5.21. The van der Waals surface area contributed by atoms with Crippen LogP contribution in [0.1, 0.15) is 12.5 Å². The first kappa shape index (κ1) is 17.8. The van der Waals surface area contributed by atoms with Gasteiger partial charge in [-0.2, -0.15) is 5.26 Å². The maximum absolute atomic E-state index is 12.9. The molecule has 28 heavy (non-hydrogen) atoms. The first-order valence-electron chi connectivity index (χ1n) is 9.21. The number of hydrogen-bond acceptors (Lipinski definition) is 3. The minimum atomic E-state index is -0.175. The lowest BCUT2D eigenvalue weighted by atomic mass is 10.1. The number of carbonyl (C=O) groups excluding carboxylic acids is 2. The third kappa shape index (κ3) is 3.12. The number of rotatable bonds is 3. The van der Waals surface area contributed by atoms with Crippen LogP contribution in [0.3, 0.4) is 0 Å². The molecule has 0 bridgehead atoms. The molecule has 3 aromatic rings. The number of nitrogens with zero attached hydrogens (tertiary/aromatic N) is 4. The second kappa shape index (κ2) is 7.20. The van der Waals surface area contributed by atoms with E-state index >= 15 is 0 Å². The van der Waals surface area contributed by atoms with E-state index in [-0.39, 0.29) is 30.9 Å². The van der Waals surface area contributed by atoms with E-state index in [1.807, 2.05) is 54.1 Å². The number of aromatic nitrogens is 1. The Morgan fingerprint density at radius 1 is 1.14 bits per heavy atom. The average Bonchev–Trinajstić information content (AvgIpc) is 3.12. The van der Waals surface area contributed by atoms with Crippen molar-refractivity contribution < 1.29 is 9.59 Å². The van der Waals surface area contributed by atoms with Crippen molar-refractivity contribution in [2.75, 3.05) is 18.0 Å². The molecule has 1 saturated heterocycles. The smallest absolute Gasteiger partial charge is 0.246 e. The summed E-state index contributed by atoms with van der Waals surface area (Å²) in [5, 5.41) is 10.4. The third-order valence-corrected chi connectivity index (χ3v) is 5.21. The number of carbonyl (C=O) groups is 2. The molecule has 0 radical (unpaired) electrons. The lowest BCUT2D eigenvalue weighted by Crippen LogP contribution is -2.57. The molecule has 1 aromatic heterocycles. The van der Waals surface area contributed by atoms with E-state index < -0.39 is 0 Å². The van der Waals surface area contributed by atoms with Crippen molar-refractivity contribution in [3.63, 3.8) is 0 Å². The van der Waals surface area contributed by atoms with Gasteiger partial charge in [-0.25, -0.2) is 0 Å². The molecule has 2 amide bonds. The zero-order valence-corrected chi connectivity index (χ0v) is 15.6. The molecule has 2 aromatic carbocycles. The van der Waals surface area contributed by atoms with Crippen LogP contribution in [-0.2, 0) is 16.1 Å². The first-order chi connectivity index (χ1) is 13.6. The van der Waals surface area contributed by atoms with Gasteiger partial charge in [-0.15, -0.1) is 0 Å². The second-order valence-corrected chi connectivity index (χ2v) is 7.01. The predicted octanol–water partition coefficient (Wildman–Crippen LogP) is 2.78. The van der Waals surface area contributed by atoms with Gasteiger partial charge in [0, 0.05) is 24.3 Å². The van der Waals surface area contributed by atoms with Gasteiger partial charge in [-0.1, -0.05) is 30.3 Å². The van der Waals surface area contributed by atoms with Gasteiger partial charge in [0.25, 0.3) is 0 Å². The number of para-hydroxylation sites is 2. The van der Waals surface area contributed by atoms with Crippen LogP contribution >= 0.6 is 0 Å². The summed E-state index contributed by atoms with van der Waals surface area (Å²) >= 11 is 0. The van der Waals surface area contributed by atoms with E-state index in [2.05, 4.69) is 6.07 Å². The molecule has 0 aliphatic carbocycles. The van der Waals surface area contributed by atoms with Crippen LogP contribution < -0.4 is 4.90 Å². The summed E-state index contributed by atoms with van der Waals surface area (Å²) in [6.45, 7) is 2.51. The standard InChI is InChI=1S/C22H20N4O2/c1-16-13-26(20-9-5-3-7-18(20)12-23)22(28)15-25(16)21(27)14-24-11-10-17-6-2-4-8-19(17)24/h2-11,16H,13-15H2,1H3/t16-/m1/s1. The molecule has 0 unspecified atom stereocenters. The molecule has 0 spiro atoms. The van der Waals surface area contributed by atoms with E-state index in [1.54, 1.807) is 28.0 Å². The number of nitriles is 1. The Morgan fingerprint density at radius 2 is 1.89 bits per heavy atom. The quantitative estimate of drug-likeness (QED) is 0.710. The highest BCUT2D eigenvalue weighted by molar-refractivity contribution is 5.99. The highest BCUT2D eigenvalue weighted by atomic mass is 16.2. The van der Waals surface area contributed by atoms with Gasteiger partial charge in [0.2, 0.25) is 11.8 Å². The van der Waals surface area contributed by atoms with Crippen molar-refractivity contribution in [3.8, 4) is 6.07 Å².